The van der Waals surface area contributed by atoms with E-state index >= 15 is 0 Å². The van der Waals surface area contributed by atoms with E-state index in [2.05, 4.69) is 20.4 Å². The number of rotatable bonds is 2. The molecule has 1 fully saturated rings. The third-order valence-electron chi connectivity index (χ3n) is 6.19. The molecule has 0 bridgehead atoms. The van der Waals surface area contributed by atoms with E-state index in [0.29, 0.717) is 18.4 Å². The second-order valence-electron chi connectivity index (χ2n) is 7.61. The van der Waals surface area contributed by atoms with Gasteiger partial charge in [0.05, 0.1) is 11.9 Å². The molecule has 1 aromatic heterocycles. The molecule has 0 radical (unpaired) electrons. The topological polar surface area (TPSA) is 59.7 Å². The van der Waals surface area contributed by atoms with E-state index in [1.807, 2.05) is 6.92 Å². The molecule has 23 heavy (non-hydrogen) atoms. The lowest BCUT2D eigenvalue weighted by Gasteiger charge is -2.57. The van der Waals surface area contributed by atoms with E-state index in [1.165, 1.54) is 0 Å². The van der Waals surface area contributed by atoms with Crippen LogP contribution < -0.4 is 0 Å². The van der Waals surface area contributed by atoms with Gasteiger partial charge in [0, 0.05) is 23.0 Å². The Morgan fingerprint density at radius 1 is 1.52 bits per heavy atom. The second kappa shape index (κ2) is 5.23. The summed E-state index contributed by atoms with van der Waals surface area (Å²) in [4.78, 5) is 12.2. The van der Waals surface area contributed by atoms with Gasteiger partial charge in [0.15, 0.2) is 0 Å². The Kier molecular flexibility index (Phi) is 3.71. The lowest BCUT2D eigenvalue weighted by atomic mass is 9.51. The van der Waals surface area contributed by atoms with Crippen LogP contribution in [0.4, 0.5) is 0 Å². The van der Waals surface area contributed by atoms with Crippen LogP contribution in [0.15, 0.2) is 22.8 Å². The highest BCUT2D eigenvalue weighted by atomic mass is 16.5. The molecular formula is C19H26O4. The van der Waals surface area contributed by atoms with Gasteiger partial charge in [0.1, 0.15) is 11.9 Å². The zero-order valence-electron chi connectivity index (χ0n) is 14.4. The molecule has 0 spiro atoms. The highest BCUT2D eigenvalue weighted by molar-refractivity contribution is 5.87. The third kappa shape index (κ3) is 2.18. The minimum atomic E-state index is -0.915. The molecule has 1 heterocycles. The molecule has 1 aromatic rings. The van der Waals surface area contributed by atoms with Crippen molar-refractivity contribution in [1.29, 1.82) is 0 Å². The van der Waals surface area contributed by atoms with Crippen molar-refractivity contribution >= 4 is 5.97 Å². The van der Waals surface area contributed by atoms with Crippen LogP contribution in [-0.4, -0.2) is 16.7 Å². The maximum atomic E-state index is 12.2. The largest absolute Gasteiger partial charge is 0.469 e. The fourth-order valence-corrected chi connectivity index (χ4v) is 4.46. The first-order valence-electron chi connectivity index (χ1n) is 8.36. The predicted octanol–water partition coefficient (Wildman–Crippen LogP) is 3.86. The number of fused-ring (bicyclic) bond motifs is 2. The van der Waals surface area contributed by atoms with Gasteiger partial charge in [0.2, 0.25) is 0 Å². The zero-order chi connectivity index (χ0) is 17.0. The number of aliphatic hydroxyl groups is 1. The molecule has 1 saturated carbocycles. The molecule has 4 heteroatoms. The van der Waals surface area contributed by atoms with E-state index in [4.69, 9.17) is 9.15 Å². The molecule has 3 rings (SSSR count). The summed E-state index contributed by atoms with van der Waals surface area (Å²) in [5.74, 6) is 0.576. The first kappa shape index (κ1) is 16.3. The predicted molar refractivity (Wildman–Crippen MR) is 86.9 cm³/mol. The number of ether oxygens (including phenoxy) is 1. The van der Waals surface area contributed by atoms with Crippen molar-refractivity contribution in [3.05, 3.63) is 35.3 Å². The van der Waals surface area contributed by atoms with Gasteiger partial charge in [-0.15, -0.1) is 0 Å². The fourth-order valence-electron chi connectivity index (χ4n) is 4.46. The van der Waals surface area contributed by atoms with Gasteiger partial charge in [-0.1, -0.05) is 26.8 Å². The average Bonchev–Trinajstić information content (AvgIpc) is 2.82. The quantitative estimate of drug-likeness (QED) is 0.664. The molecule has 126 valence electrons. The molecule has 0 aliphatic heterocycles. The number of carbonyl (C=O) groups is 1. The van der Waals surface area contributed by atoms with Crippen LogP contribution >= 0.6 is 0 Å². The van der Waals surface area contributed by atoms with E-state index in [1.54, 1.807) is 13.2 Å². The number of carbonyl (C=O) groups excluding carboxylic acids is 1. The number of furan rings is 1. The van der Waals surface area contributed by atoms with E-state index in [0.717, 1.165) is 29.7 Å². The van der Waals surface area contributed by atoms with Gasteiger partial charge < -0.3 is 14.3 Å². The molecule has 2 aliphatic rings. The fraction of sp³-hybridized carbons (Fsp3) is 0.632. The summed E-state index contributed by atoms with van der Waals surface area (Å²) in [5, 5.41) is 11.4. The zero-order valence-corrected chi connectivity index (χ0v) is 14.4. The van der Waals surface area contributed by atoms with Crippen LogP contribution in [0, 0.1) is 18.3 Å². The van der Waals surface area contributed by atoms with Crippen LogP contribution in [0.2, 0.25) is 0 Å². The van der Waals surface area contributed by atoms with E-state index in [9.17, 15) is 9.90 Å². The van der Waals surface area contributed by atoms with Crippen molar-refractivity contribution < 1.29 is 19.1 Å². The molecule has 0 amide bonds. The van der Waals surface area contributed by atoms with Crippen LogP contribution in [0.1, 0.15) is 63.0 Å². The third-order valence-corrected chi connectivity index (χ3v) is 6.19. The molecule has 0 aromatic carbocycles. The summed E-state index contributed by atoms with van der Waals surface area (Å²) in [7, 11) is 0. The molecule has 4 nitrogen and oxygen atoms in total. The summed E-state index contributed by atoms with van der Waals surface area (Å²) in [6, 6.07) is 0. The van der Waals surface area contributed by atoms with Crippen molar-refractivity contribution in [2.45, 2.75) is 65.1 Å². The highest BCUT2D eigenvalue weighted by Gasteiger charge is 2.62. The summed E-state index contributed by atoms with van der Waals surface area (Å²) in [6.07, 6.45) is 4.37. The Bertz CT molecular complexity index is 658. The van der Waals surface area contributed by atoms with E-state index < -0.39 is 23.1 Å². The normalized spacial score (nSPS) is 36.0. The number of aryl methyl sites for hydroxylation is 1. The molecule has 0 saturated heterocycles. The van der Waals surface area contributed by atoms with Gasteiger partial charge in [0.25, 0.3) is 0 Å². The van der Waals surface area contributed by atoms with Crippen molar-refractivity contribution in [1.82, 2.24) is 0 Å². The molecule has 1 N–H and O–H groups in total. The maximum absolute atomic E-state index is 12.2. The molecular weight excluding hydrogens is 292 g/mol. The molecule has 2 aliphatic carbocycles. The van der Waals surface area contributed by atoms with Gasteiger partial charge in [-0.25, -0.2) is 4.79 Å². The Morgan fingerprint density at radius 2 is 2.22 bits per heavy atom. The van der Waals surface area contributed by atoms with Gasteiger partial charge in [-0.2, -0.15) is 0 Å². The van der Waals surface area contributed by atoms with Crippen molar-refractivity contribution in [3.63, 3.8) is 0 Å². The van der Waals surface area contributed by atoms with Crippen LogP contribution in [0.3, 0.4) is 0 Å². The van der Waals surface area contributed by atoms with Crippen LogP contribution in [0.25, 0.3) is 0 Å². The van der Waals surface area contributed by atoms with Crippen molar-refractivity contribution in [2.24, 2.45) is 11.3 Å². The van der Waals surface area contributed by atoms with E-state index in [-0.39, 0.29) is 5.92 Å². The summed E-state index contributed by atoms with van der Waals surface area (Å²) >= 11 is 0. The second-order valence-corrected chi connectivity index (χ2v) is 7.61. The average molecular weight is 318 g/mol. The Labute approximate surface area is 137 Å². The SMILES string of the molecule is C=C(C)C(=O)O[C@@H]1c2c(C)coc2C[C@@]2(O)CCC[C@H](C)[C@@]12C. The first-order valence-corrected chi connectivity index (χ1v) is 8.36. The number of hydrogen-bond donors (Lipinski definition) is 1. The standard InChI is InChI=1S/C19H26O4/c1-11(2)17(20)23-16-15-12(3)10-22-14(15)9-19(21)8-6-7-13(4)18(16,19)5/h10,13,16,21H,1,6-9H2,2-5H3/t13-,16+,18-,19-/m0/s1. The van der Waals surface area contributed by atoms with Gasteiger partial charge in [-0.3, -0.25) is 0 Å². The number of esters is 1. The Balaban J connectivity index is 2.15. The lowest BCUT2D eigenvalue weighted by Crippen LogP contribution is -2.60. The lowest BCUT2D eigenvalue weighted by molar-refractivity contribution is -0.210. The monoisotopic (exact) mass is 318 g/mol. The molecule has 4 atom stereocenters. The summed E-state index contributed by atoms with van der Waals surface area (Å²) < 4.78 is 11.5. The minimum Gasteiger partial charge on any atom is -0.469 e. The number of hydrogen-bond acceptors (Lipinski definition) is 4. The highest BCUT2D eigenvalue weighted by Crippen LogP contribution is 2.61. The summed E-state index contributed by atoms with van der Waals surface area (Å²) in [5.41, 5.74) is 0.829. The van der Waals surface area contributed by atoms with Crippen molar-refractivity contribution in [3.8, 4) is 0 Å². The Morgan fingerprint density at radius 3 is 2.87 bits per heavy atom. The molecule has 0 unspecified atom stereocenters. The Hall–Kier alpha value is -1.55. The van der Waals surface area contributed by atoms with Crippen LogP contribution in [0.5, 0.6) is 0 Å². The van der Waals surface area contributed by atoms with Gasteiger partial charge >= 0.3 is 5.97 Å². The summed E-state index contributed by atoms with van der Waals surface area (Å²) in [6.45, 7) is 11.5. The first-order chi connectivity index (χ1) is 10.7. The smallest absolute Gasteiger partial charge is 0.333 e. The van der Waals surface area contributed by atoms with Gasteiger partial charge in [-0.05, 0) is 38.2 Å². The minimum absolute atomic E-state index is 0.242. The van der Waals surface area contributed by atoms with Crippen LogP contribution in [-0.2, 0) is 16.0 Å². The maximum Gasteiger partial charge on any atom is 0.333 e. The van der Waals surface area contributed by atoms with Crippen molar-refractivity contribution in [2.75, 3.05) is 0 Å².